The highest BCUT2D eigenvalue weighted by Gasteiger charge is 2.17. The van der Waals surface area contributed by atoms with Crippen LogP contribution in [-0.2, 0) is 11.2 Å². The largest absolute Gasteiger partial charge is 0.382 e. The van der Waals surface area contributed by atoms with Gasteiger partial charge in [0.25, 0.3) is 0 Å². The molecular weight excluding hydrogens is 277 g/mol. The Kier molecular flexibility index (Phi) is 2.74. The molecule has 0 saturated heterocycles. The maximum absolute atomic E-state index is 5.32. The zero-order chi connectivity index (χ0) is 9.26. The van der Waals surface area contributed by atoms with Gasteiger partial charge in [0.05, 0.1) is 6.10 Å². The molecular formula is C10H12INO. The number of methoxy groups -OCH3 is 1. The first kappa shape index (κ1) is 9.27. The van der Waals surface area contributed by atoms with E-state index >= 15 is 0 Å². The fraction of sp³-hybridized carbons (Fsp3) is 0.400. The molecule has 0 radical (unpaired) electrons. The molecule has 2 nitrogen and oxygen atoms in total. The number of fused-ring (bicyclic) bond motifs is 1. The lowest BCUT2D eigenvalue weighted by Crippen LogP contribution is -2.29. The third-order valence-corrected chi connectivity index (χ3v) is 3.04. The molecule has 0 aromatic heterocycles. The van der Waals surface area contributed by atoms with Crippen LogP contribution in [0.2, 0.25) is 0 Å². The maximum atomic E-state index is 5.32. The first-order valence-corrected chi connectivity index (χ1v) is 5.42. The highest BCUT2D eigenvalue weighted by molar-refractivity contribution is 14.1. The number of halogens is 1. The summed E-state index contributed by atoms with van der Waals surface area (Å²) in [6.45, 7) is 0.921. The highest BCUT2D eigenvalue weighted by atomic mass is 127. The minimum absolute atomic E-state index is 0.325. The van der Waals surface area contributed by atoms with Crippen LogP contribution in [0.1, 0.15) is 5.56 Å². The third-order valence-electron chi connectivity index (χ3n) is 2.37. The second-order valence-electron chi connectivity index (χ2n) is 3.24. The molecule has 2 rings (SSSR count). The van der Waals surface area contributed by atoms with Crippen LogP contribution in [0.15, 0.2) is 18.2 Å². The molecule has 0 bridgehead atoms. The lowest BCUT2D eigenvalue weighted by atomic mass is 10.0. The van der Waals surface area contributed by atoms with Gasteiger partial charge in [-0.25, -0.2) is 0 Å². The summed E-state index contributed by atoms with van der Waals surface area (Å²) >= 11 is 2.34. The normalized spacial score (nSPS) is 20.6. The molecule has 1 unspecified atom stereocenters. The van der Waals surface area contributed by atoms with E-state index in [1.165, 1.54) is 14.8 Å². The number of benzene rings is 1. The summed E-state index contributed by atoms with van der Waals surface area (Å²) in [6, 6.07) is 6.48. The van der Waals surface area contributed by atoms with Gasteiger partial charge in [-0.1, -0.05) is 0 Å². The van der Waals surface area contributed by atoms with E-state index < -0.39 is 0 Å². The number of hydrogen-bond donors (Lipinski definition) is 1. The molecule has 3 heteroatoms. The summed E-state index contributed by atoms with van der Waals surface area (Å²) in [5.74, 6) is 0. The molecule has 1 N–H and O–H groups in total. The summed E-state index contributed by atoms with van der Waals surface area (Å²) in [6.07, 6.45) is 1.35. The van der Waals surface area contributed by atoms with Crippen molar-refractivity contribution in [3.05, 3.63) is 27.3 Å². The number of anilines is 1. The van der Waals surface area contributed by atoms with Crippen LogP contribution >= 0.6 is 22.6 Å². The molecule has 0 spiro atoms. The summed E-state index contributed by atoms with van der Waals surface area (Å²) in [7, 11) is 1.77. The first-order valence-electron chi connectivity index (χ1n) is 4.34. The van der Waals surface area contributed by atoms with Crippen LogP contribution in [0.3, 0.4) is 0 Å². The molecule has 70 valence electrons. The van der Waals surface area contributed by atoms with E-state index in [2.05, 4.69) is 46.1 Å². The fourth-order valence-corrected chi connectivity index (χ4v) is 2.17. The zero-order valence-corrected chi connectivity index (χ0v) is 9.67. The topological polar surface area (TPSA) is 21.3 Å². The number of ether oxygens (including phenoxy) is 1. The number of nitrogens with one attached hydrogen (secondary N) is 1. The van der Waals surface area contributed by atoms with Crippen molar-refractivity contribution >= 4 is 28.3 Å². The zero-order valence-electron chi connectivity index (χ0n) is 7.51. The Balaban J connectivity index is 2.27. The van der Waals surface area contributed by atoms with Gasteiger partial charge in [0, 0.05) is 29.3 Å². The Morgan fingerprint density at radius 3 is 3.15 bits per heavy atom. The molecule has 1 heterocycles. The molecule has 13 heavy (non-hydrogen) atoms. The lowest BCUT2D eigenvalue weighted by Gasteiger charge is -2.25. The third kappa shape index (κ3) is 1.96. The number of rotatable bonds is 1. The second-order valence-corrected chi connectivity index (χ2v) is 4.49. The van der Waals surface area contributed by atoms with E-state index in [-0.39, 0.29) is 0 Å². The van der Waals surface area contributed by atoms with Gasteiger partial charge in [-0.15, -0.1) is 0 Å². The summed E-state index contributed by atoms with van der Waals surface area (Å²) in [4.78, 5) is 0. The van der Waals surface area contributed by atoms with Crippen molar-refractivity contribution in [2.24, 2.45) is 0 Å². The predicted molar refractivity (Wildman–Crippen MR) is 62.1 cm³/mol. The smallest absolute Gasteiger partial charge is 0.0784 e. The lowest BCUT2D eigenvalue weighted by molar-refractivity contribution is 0.111. The average Bonchev–Trinajstić information content (AvgIpc) is 2.16. The molecule has 1 aromatic carbocycles. The summed E-state index contributed by atoms with van der Waals surface area (Å²) < 4.78 is 6.61. The average molecular weight is 289 g/mol. The Hall–Kier alpha value is -0.290. The quantitative estimate of drug-likeness (QED) is 0.801. The van der Waals surface area contributed by atoms with E-state index in [4.69, 9.17) is 4.74 Å². The van der Waals surface area contributed by atoms with Crippen LogP contribution in [0.5, 0.6) is 0 Å². The molecule has 0 amide bonds. The van der Waals surface area contributed by atoms with Crippen LogP contribution in [0.4, 0.5) is 5.69 Å². The van der Waals surface area contributed by atoms with Crippen molar-refractivity contribution in [2.45, 2.75) is 12.5 Å². The van der Waals surface area contributed by atoms with Gasteiger partial charge >= 0.3 is 0 Å². The van der Waals surface area contributed by atoms with Gasteiger partial charge in [0.2, 0.25) is 0 Å². The van der Waals surface area contributed by atoms with E-state index in [1.807, 2.05) is 0 Å². The molecule has 0 saturated carbocycles. The summed E-state index contributed by atoms with van der Waals surface area (Å²) in [5.41, 5.74) is 2.62. The molecule has 1 aromatic rings. The minimum atomic E-state index is 0.325. The van der Waals surface area contributed by atoms with Crippen molar-refractivity contribution in [3.63, 3.8) is 0 Å². The van der Waals surface area contributed by atoms with Crippen LogP contribution in [0.25, 0.3) is 0 Å². The van der Waals surface area contributed by atoms with Crippen LogP contribution < -0.4 is 5.32 Å². The monoisotopic (exact) mass is 289 g/mol. The first-order chi connectivity index (χ1) is 6.29. The highest BCUT2D eigenvalue weighted by Crippen LogP contribution is 2.24. The Morgan fingerprint density at radius 2 is 2.38 bits per heavy atom. The molecule has 1 aliphatic heterocycles. The van der Waals surface area contributed by atoms with Gasteiger partial charge in [-0.2, -0.15) is 0 Å². The Bertz CT molecular complexity index is 314. The van der Waals surface area contributed by atoms with E-state index in [9.17, 15) is 0 Å². The van der Waals surface area contributed by atoms with Gasteiger partial charge < -0.3 is 10.1 Å². The standard InChI is InChI=1S/C10H12INO/c1-13-9-5-7-4-8(11)2-3-10(7)12-6-9/h2-4,9,12H,5-6H2,1H3. The Labute approximate surface area is 91.8 Å². The minimum Gasteiger partial charge on any atom is -0.382 e. The predicted octanol–water partition coefficient (Wildman–Crippen LogP) is 2.27. The van der Waals surface area contributed by atoms with Gasteiger partial charge in [0.1, 0.15) is 0 Å². The van der Waals surface area contributed by atoms with Crippen molar-refractivity contribution in [2.75, 3.05) is 19.0 Å². The van der Waals surface area contributed by atoms with E-state index in [1.54, 1.807) is 7.11 Å². The maximum Gasteiger partial charge on any atom is 0.0784 e. The second kappa shape index (κ2) is 3.84. The molecule has 0 fully saturated rings. The van der Waals surface area contributed by atoms with Crippen molar-refractivity contribution in [1.29, 1.82) is 0 Å². The van der Waals surface area contributed by atoms with Gasteiger partial charge in [0.15, 0.2) is 0 Å². The molecule has 0 aliphatic carbocycles. The van der Waals surface area contributed by atoms with Crippen molar-refractivity contribution in [1.82, 2.24) is 0 Å². The van der Waals surface area contributed by atoms with Gasteiger partial charge in [-0.05, 0) is 46.4 Å². The number of hydrogen-bond acceptors (Lipinski definition) is 2. The SMILES string of the molecule is COC1CNc2ccc(I)cc2C1. The van der Waals surface area contributed by atoms with Crippen LogP contribution in [0, 0.1) is 3.57 Å². The van der Waals surface area contributed by atoms with Crippen molar-refractivity contribution in [3.8, 4) is 0 Å². The van der Waals surface area contributed by atoms with E-state index in [0.717, 1.165) is 13.0 Å². The summed E-state index contributed by atoms with van der Waals surface area (Å²) in [5, 5.41) is 3.36. The fourth-order valence-electron chi connectivity index (χ4n) is 1.61. The van der Waals surface area contributed by atoms with E-state index in [0.29, 0.717) is 6.10 Å². The molecule has 1 atom stereocenters. The molecule has 1 aliphatic rings. The van der Waals surface area contributed by atoms with Gasteiger partial charge in [-0.3, -0.25) is 0 Å². The Morgan fingerprint density at radius 1 is 1.54 bits per heavy atom. The van der Waals surface area contributed by atoms with Crippen molar-refractivity contribution < 1.29 is 4.74 Å². The van der Waals surface area contributed by atoms with Crippen LogP contribution in [-0.4, -0.2) is 19.8 Å².